The number of fused-ring (bicyclic) bond motifs is 1. The molecule has 2 N–H and O–H groups in total. The van der Waals surface area contributed by atoms with Crippen LogP contribution in [0.1, 0.15) is 13.0 Å². The smallest absolute Gasteiger partial charge is 0.409 e. The van der Waals surface area contributed by atoms with Crippen LogP contribution in [0.5, 0.6) is 11.6 Å². The van der Waals surface area contributed by atoms with Crippen molar-refractivity contribution in [1.29, 1.82) is 0 Å². The first-order chi connectivity index (χ1) is 13.1. The zero-order valence-electron chi connectivity index (χ0n) is 14.5. The van der Waals surface area contributed by atoms with Crippen LogP contribution in [-0.4, -0.2) is 50.4 Å². The number of nitrogens with zero attached hydrogens (tertiary/aromatic N) is 5. The fourth-order valence-corrected chi connectivity index (χ4v) is 3.09. The lowest BCUT2D eigenvalue weighted by molar-refractivity contribution is 0.0577. The molecule has 1 aliphatic heterocycles. The molecule has 0 atom stereocenters. The summed E-state index contributed by atoms with van der Waals surface area (Å²) in [7, 11) is 0. The predicted octanol–water partition coefficient (Wildman–Crippen LogP) is 2.87. The molecule has 9 nitrogen and oxygen atoms in total. The van der Waals surface area contributed by atoms with E-state index in [0.29, 0.717) is 47.4 Å². The van der Waals surface area contributed by atoms with Crippen LogP contribution in [0.15, 0.2) is 30.6 Å². The number of benzene rings is 1. The van der Waals surface area contributed by atoms with E-state index in [-0.39, 0.29) is 18.0 Å². The molecule has 0 bridgehead atoms. The number of rotatable bonds is 4. The number of nitrogens with two attached hydrogens (primary N) is 1. The normalized spacial score (nSPS) is 14.2. The van der Waals surface area contributed by atoms with E-state index in [1.165, 1.54) is 6.33 Å². The summed E-state index contributed by atoms with van der Waals surface area (Å²) in [6, 6.07) is 6.92. The average molecular weight is 389 g/mol. The Kier molecular flexibility index (Phi) is 4.44. The third-order valence-electron chi connectivity index (χ3n) is 4.23. The summed E-state index contributed by atoms with van der Waals surface area (Å²) in [5.74, 6) is 1.09. The zero-order chi connectivity index (χ0) is 19.0. The molecule has 10 heteroatoms. The van der Waals surface area contributed by atoms with Gasteiger partial charge in [-0.1, -0.05) is 17.7 Å². The minimum atomic E-state index is -0.338. The molecule has 1 amide bonds. The van der Waals surface area contributed by atoms with Gasteiger partial charge >= 0.3 is 6.09 Å². The molecule has 27 heavy (non-hydrogen) atoms. The summed E-state index contributed by atoms with van der Waals surface area (Å²) in [6.07, 6.45) is 1.04. The van der Waals surface area contributed by atoms with Gasteiger partial charge in [0.1, 0.15) is 23.3 Å². The van der Waals surface area contributed by atoms with Crippen LogP contribution in [0.3, 0.4) is 0 Å². The molecule has 0 aliphatic carbocycles. The van der Waals surface area contributed by atoms with Crippen LogP contribution in [-0.2, 0) is 4.74 Å². The molecule has 140 valence electrons. The van der Waals surface area contributed by atoms with Crippen molar-refractivity contribution >= 4 is 34.5 Å². The van der Waals surface area contributed by atoms with E-state index in [1.54, 1.807) is 40.8 Å². The van der Waals surface area contributed by atoms with Crippen LogP contribution in [0, 0.1) is 0 Å². The molecule has 1 aliphatic rings. The van der Waals surface area contributed by atoms with Crippen molar-refractivity contribution in [1.82, 2.24) is 24.6 Å². The van der Waals surface area contributed by atoms with Crippen LogP contribution in [0.25, 0.3) is 11.0 Å². The number of likely N-dealkylation sites (tertiary alicyclic amines) is 1. The number of hydrogen-bond donors (Lipinski definition) is 1. The fourth-order valence-electron chi connectivity index (χ4n) is 2.91. The lowest BCUT2D eigenvalue weighted by atomic mass is 10.1. The number of ether oxygens (including phenoxy) is 2. The molecule has 3 aromatic rings. The van der Waals surface area contributed by atoms with E-state index in [4.69, 9.17) is 26.8 Å². The Hall–Kier alpha value is -3.07. The Morgan fingerprint density at radius 2 is 2.19 bits per heavy atom. The monoisotopic (exact) mass is 388 g/mol. The first-order valence-corrected chi connectivity index (χ1v) is 8.78. The Balaban J connectivity index is 1.65. The molecule has 1 aromatic carbocycles. The highest BCUT2D eigenvalue weighted by atomic mass is 35.5. The lowest BCUT2D eigenvalue weighted by Crippen LogP contribution is -2.51. The SMILES string of the molecule is CCOC(=O)N1CC(n2nc(Oc3cccc(Cl)c3)c3c(N)ncnc32)C1. The quantitative estimate of drug-likeness (QED) is 0.731. The first-order valence-electron chi connectivity index (χ1n) is 8.40. The Labute approximate surface area is 159 Å². The van der Waals surface area contributed by atoms with Crippen molar-refractivity contribution < 1.29 is 14.3 Å². The summed E-state index contributed by atoms with van der Waals surface area (Å²) in [6.45, 7) is 3.05. The second-order valence-corrected chi connectivity index (χ2v) is 6.46. The summed E-state index contributed by atoms with van der Waals surface area (Å²) in [4.78, 5) is 21.7. The maximum Gasteiger partial charge on any atom is 0.409 e. The minimum Gasteiger partial charge on any atom is -0.450 e. The van der Waals surface area contributed by atoms with E-state index in [0.717, 1.165) is 0 Å². The van der Waals surface area contributed by atoms with Gasteiger partial charge in [-0.15, -0.1) is 5.10 Å². The van der Waals surface area contributed by atoms with Gasteiger partial charge in [0.05, 0.1) is 12.6 Å². The van der Waals surface area contributed by atoms with Crippen LogP contribution < -0.4 is 10.5 Å². The second-order valence-electron chi connectivity index (χ2n) is 6.02. The number of amides is 1. The van der Waals surface area contributed by atoms with Crippen LogP contribution in [0.2, 0.25) is 5.02 Å². The van der Waals surface area contributed by atoms with Gasteiger partial charge in [0, 0.05) is 18.1 Å². The lowest BCUT2D eigenvalue weighted by Gasteiger charge is -2.38. The topological polar surface area (TPSA) is 108 Å². The van der Waals surface area contributed by atoms with Gasteiger partial charge in [0.2, 0.25) is 0 Å². The highest BCUT2D eigenvalue weighted by Crippen LogP contribution is 2.35. The maximum atomic E-state index is 11.8. The second kappa shape index (κ2) is 6.92. The van der Waals surface area contributed by atoms with E-state index in [2.05, 4.69) is 15.1 Å². The first kappa shape index (κ1) is 17.3. The van der Waals surface area contributed by atoms with E-state index >= 15 is 0 Å². The predicted molar refractivity (Wildman–Crippen MR) is 98.9 cm³/mol. The van der Waals surface area contributed by atoms with Gasteiger partial charge in [-0.3, -0.25) is 0 Å². The number of hydrogen-bond acceptors (Lipinski definition) is 7. The standard InChI is InChI=1S/C17H17ClN6O3/c1-2-26-17(25)23-7-11(8-23)24-15-13(14(19)20-9-21-15)16(22-24)27-12-5-3-4-10(18)6-12/h3-6,9,11H,2,7-8H2,1H3,(H2,19,20,21). The average Bonchev–Trinajstić information content (AvgIpc) is 2.93. The van der Waals surface area contributed by atoms with Crippen molar-refractivity contribution in [2.75, 3.05) is 25.4 Å². The minimum absolute atomic E-state index is 0.0529. The van der Waals surface area contributed by atoms with Crippen molar-refractivity contribution in [3.8, 4) is 11.6 Å². The van der Waals surface area contributed by atoms with Gasteiger partial charge in [0.25, 0.3) is 5.88 Å². The number of aromatic nitrogens is 4. The van der Waals surface area contributed by atoms with Gasteiger partial charge < -0.3 is 20.1 Å². The third-order valence-corrected chi connectivity index (χ3v) is 4.47. The van der Waals surface area contributed by atoms with E-state index < -0.39 is 0 Å². The molecule has 0 spiro atoms. The van der Waals surface area contributed by atoms with Crippen molar-refractivity contribution in [3.63, 3.8) is 0 Å². The summed E-state index contributed by atoms with van der Waals surface area (Å²) >= 11 is 6.01. The van der Waals surface area contributed by atoms with E-state index in [1.807, 2.05) is 0 Å². The van der Waals surface area contributed by atoms with E-state index in [9.17, 15) is 4.79 Å². The van der Waals surface area contributed by atoms with Gasteiger partial charge in [-0.05, 0) is 25.1 Å². The summed E-state index contributed by atoms with van der Waals surface area (Å²) < 4.78 is 12.6. The van der Waals surface area contributed by atoms with Crippen molar-refractivity contribution in [3.05, 3.63) is 35.6 Å². The number of carbonyl (C=O) groups excluding carboxylic acids is 1. The Morgan fingerprint density at radius 1 is 1.37 bits per heavy atom. The molecule has 0 saturated carbocycles. The molecule has 0 radical (unpaired) electrons. The van der Waals surface area contributed by atoms with Gasteiger partial charge in [-0.2, -0.15) is 0 Å². The largest absolute Gasteiger partial charge is 0.450 e. The number of anilines is 1. The summed E-state index contributed by atoms with van der Waals surface area (Å²) in [5.41, 5.74) is 6.58. The van der Waals surface area contributed by atoms with Crippen molar-refractivity contribution in [2.24, 2.45) is 0 Å². The molecular weight excluding hydrogens is 372 g/mol. The molecule has 2 aromatic heterocycles. The highest BCUT2D eigenvalue weighted by Gasteiger charge is 2.35. The van der Waals surface area contributed by atoms with Gasteiger partial charge in [0.15, 0.2) is 5.65 Å². The number of halogens is 1. The molecule has 1 fully saturated rings. The van der Waals surface area contributed by atoms with Crippen LogP contribution >= 0.6 is 11.6 Å². The Bertz CT molecular complexity index is 1000. The fraction of sp³-hybridized carbons (Fsp3) is 0.294. The number of nitrogen functional groups attached to an aromatic ring is 1. The molecule has 1 saturated heterocycles. The molecule has 3 heterocycles. The summed E-state index contributed by atoms with van der Waals surface area (Å²) in [5, 5.41) is 5.59. The van der Waals surface area contributed by atoms with Crippen LogP contribution in [0.4, 0.5) is 10.6 Å². The number of carbonyl (C=O) groups is 1. The third kappa shape index (κ3) is 3.21. The molecule has 0 unspecified atom stereocenters. The highest BCUT2D eigenvalue weighted by molar-refractivity contribution is 6.30. The Morgan fingerprint density at radius 3 is 2.93 bits per heavy atom. The van der Waals surface area contributed by atoms with Crippen molar-refractivity contribution in [2.45, 2.75) is 13.0 Å². The zero-order valence-corrected chi connectivity index (χ0v) is 15.3. The van der Waals surface area contributed by atoms with Gasteiger partial charge in [-0.25, -0.2) is 19.4 Å². The molecule has 4 rings (SSSR count). The maximum absolute atomic E-state index is 11.8. The molecular formula is C17H17ClN6O3.